The summed E-state index contributed by atoms with van der Waals surface area (Å²) in [6.45, 7) is 2.00. The van der Waals surface area contributed by atoms with Crippen molar-refractivity contribution in [1.82, 2.24) is 5.32 Å². The molecule has 0 aliphatic carbocycles. The quantitative estimate of drug-likeness (QED) is 0.791. The van der Waals surface area contributed by atoms with Gasteiger partial charge >= 0.3 is 0 Å². The number of ether oxygens (including phenoxy) is 1. The molecule has 0 fully saturated rings. The summed E-state index contributed by atoms with van der Waals surface area (Å²) in [4.78, 5) is 23.0. The summed E-state index contributed by atoms with van der Waals surface area (Å²) in [5.74, 6) is 0.325. The van der Waals surface area contributed by atoms with E-state index in [0.29, 0.717) is 17.9 Å². The van der Waals surface area contributed by atoms with E-state index in [9.17, 15) is 9.59 Å². The van der Waals surface area contributed by atoms with Crippen molar-refractivity contribution in [3.8, 4) is 5.75 Å². The van der Waals surface area contributed by atoms with Gasteiger partial charge in [0.25, 0.3) is 0 Å². The minimum atomic E-state index is -0.252. The van der Waals surface area contributed by atoms with Crippen molar-refractivity contribution in [2.75, 3.05) is 19.0 Å². The standard InChI is InChI=1S/C14H20N2O3/c1-3-4-8-13(17)15-10-14(18)16-11-6-5-7-12(9-11)19-2/h5-7,9H,3-4,8,10H2,1-2H3,(H,15,17)(H,16,18). The molecule has 0 aliphatic rings. The van der Waals surface area contributed by atoms with Gasteiger partial charge in [-0.2, -0.15) is 0 Å². The lowest BCUT2D eigenvalue weighted by atomic mass is 10.2. The molecule has 0 aromatic heterocycles. The third kappa shape index (κ3) is 5.90. The van der Waals surface area contributed by atoms with Gasteiger partial charge in [0.2, 0.25) is 11.8 Å². The SMILES string of the molecule is CCCCC(=O)NCC(=O)Nc1cccc(OC)c1. The third-order valence-corrected chi connectivity index (χ3v) is 2.56. The van der Waals surface area contributed by atoms with Gasteiger partial charge in [-0.05, 0) is 18.6 Å². The number of anilines is 1. The number of unbranched alkanes of at least 4 members (excludes halogenated alkanes) is 1. The van der Waals surface area contributed by atoms with Crippen molar-refractivity contribution in [2.24, 2.45) is 0 Å². The van der Waals surface area contributed by atoms with Crippen molar-refractivity contribution in [2.45, 2.75) is 26.2 Å². The highest BCUT2D eigenvalue weighted by molar-refractivity contribution is 5.94. The minimum absolute atomic E-state index is 0.0141. The van der Waals surface area contributed by atoms with E-state index in [1.54, 1.807) is 31.4 Å². The van der Waals surface area contributed by atoms with Gasteiger partial charge in [0.1, 0.15) is 5.75 Å². The molecule has 2 N–H and O–H groups in total. The zero-order valence-electron chi connectivity index (χ0n) is 11.4. The van der Waals surface area contributed by atoms with Crippen molar-refractivity contribution < 1.29 is 14.3 Å². The highest BCUT2D eigenvalue weighted by Gasteiger charge is 2.05. The molecule has 5 heteroatoms. The molecule has 0 atom stereocenters. The molecule has 0 saturated heterocycles. The maximum absolute atomic E-state index is 11.6. The van der Waals surface area contributed by atoms with E-state index >= 15 is 0 Å². The van der Waals surface area contributed by atoms with Gasteiger partial charge in [-0.3, -0.25) is 9.59 Å². The zero-order chi connectivity index (χ0) is 14.1. The van der Waals surface area contributed by atoms with Crippen molar-refractivity contribution in [3.05, 3.63) is 24.3 Å². The van der Waals surface area contributed by atoms with Crippen LogP contribution in [-0.2, 0) is 9.59 Å². The Morgan fingerprint density at radius 3 is 2.74 bits per heavy atom. The Labute approximate surface area is 113 Å². The molecule has 1 aromatic carbocycles. The second-order valence-electron chi connectivity index (χ2n) is 4.16. The summed E-state index contributed by atoms with van der Waals surface area (Å²) in [6.07, 6.45) is 2.26. The molecule has 0 radical (unpaired) electrons. The number of nitrogens with one attached hydrogen (secondary N) is 2. The number of hydrogen-bond acceptors (Lipinski definition) is 3. The van der Waals surface area contributed by atoms with Crippen LogP contribution in [0, 0.1) is 0 Å². The Morgan fingerprint density at radius 2 is 2.05 bits per heavy atom. The van der Waals surface area contributed by atoms with E-state index in [1.807, 2.05) is 6.92 Å². The van der Waals surface area contributed by atoms with Crippen LogP contribution in [0.15, 0.2) is 24.3 Å². The molecule has 0 bridgehead atoms. The third-order valence-electron chi connectivity index (χ3n) is 2.56. The highest BCUT2D eigenvalue weighted by atomic mass is 16.5. The summed E-state index contributed by atoms with van der Waals surface area (Å²) in [7, 11) is 1.56. The topological polar surface area (TPSA) is 67.4 Å². The maximum Gasteiger partial charge on any atom is 0.243 e. The number of benzene rings is 1. The normalized spacial score (nSPS) is 9.79. The van der Waals surface area contributed by atoms with Gasteiger partial charge in [0, 0.05) is 18.2 Å². The van der Waals surface area contributed by atoms with Crippen LogP contribution >= 0.6 is 0 Å². The monoisotopic (exact) mass is 264 g/mol. The Balaban J connectivity index is 2.36. The predicted molar refractivity (Wildman–Crippen MR) is 74.2 cm³/mol. The molecule has 0 unspecified atom stereocenters. The summed E-state index contributed by atoms with van der Waals surface area (Å²) in [6, 6.07) is 7.06. The number of methoxy groups -OCH3 is 1. The lowest BCUT2D eigenvalue weighted by Crippen LogP contribution is -2.32. The first-order valence-corrected chi connectivity index (χ1v) is 6.36. The van der Waals surface area contributed by atoms with Crippen LogP contribution in [0.3, 0.4) is 0 Å². The number of carbonyl (C=O) groups is 2. The number of amides is 2. The van der Waals surface area contributed by atoms with E-state index in [0.717, 1.165) is 12.8 Å². The molecule has 19 heavy (non-hydrogen) atoms. The second kappa shape index (κ2) is 8.13. The molecule has 1 aromatic rings. The summed E-state index contributed by atoms with van der Waals surface area (Å²) in [5.41, 5.74) is 0.646. The van der Waals surface area contributed by atoms with Crippen molar-refractivity contribution in [1.29, 1.82) is 0 Å². The molecule has 0 spiro atoms. The molecular formula is C14H20N2O3. The van der Waals surface area contributed by atoms with Crippen LogP contribution in [0.5, 0.6) is 5.75 Å². The summed E-state index contributed by atoms with van der Waals surface area (Å²) >= 11 is 0. The molecule has 0 heterocycles. The Morgan fingerprint density at radius 1 is 1.26 bits per heavy atom. The van der Waals surface area contributed by atoms with E-state index in [2.05, 4.69) is 10.6 Å². The van der Waals surface area contributed by atoms with E-state index in [4.69, 9.17) is 4.74 Å². The molecule has 104 valence electrons. The zero-order valence-corrected chi connectivity index (χ0v) is 11.4. The molecule has 0 saturated carbocycles. The summed E-state index contributed by atoms with van der Waals surface area (Å²) < 4.78 is 5.06. The summed E-state index contributed by atoms with van der Waals surface area (Å²) in [5, 5.41) is 5.28. The van der Waals surface area contributed by atoms with Crippen molar-refractivity contribution in [3.63, 3.8) is 0 Å². The fourth-order valence-corrected chi connectivity index (χ4v) is 1.51. The number of hydrogen-bond donors (Lipinski definition) is 2. The average molecular weight is 264 g/mol. The first-order chi connectivity index (χ1) is 9.15. The first kappa shape index (κ1) is 15.0. The molecule has 2 amide bonds. The Hall–Kier alpha value is -2.04. The molecule has 5 nitrogen and oxygen atoms in total. The second-order valence-corrected chi connectivity index (χ2v) is 4.16. The lowest BCUT2D eigenvalue weighted by molar-refractivity contribution is -0.124. The predicted octanol–water partition coefficient (Wildman–Crippen LogP) is 1.94. The maximum atomic E-state index is 11.6. The van der Waals surface area contributed by atoms with Crippen LogP contribution in [0.1, 0.15) is 26.2 Å². The smallest absolute Gasteiger partial charge is 0.243 e. The van der Waals surface area contributed by atoms with E-state index < -0.39 is 0 Å². The molecule has 0 aliphatic heterocycles. The molecule has 1 rings (SSSR count). The molecular weight excluding hydrogens is 244 g/mol. The lowest BCUT2D eigenvalue weighted by Gasteiger charge is -2.08. The average Bonchev–Trinajstić information content (AvgIpc) is 2.43. The van der Waals surface area contributed by atoms with Crippen LogP contribution in [0.4, 0.5) is 5.69 Å². The minimum Gasteiger partial charge on any atom is -0.497 e. The van der Waals surface area contributed by atoms with Gasteiger partial charge in [0.15, 0.2) is 0 Å². The van der Waals surface area contributed by atoms with Gasteiger partial charge in [0.05, 0.1) is 13.7 Å². The van der Waals surface area contributed by atoms with E-state index in [-0.39, 0.29) is 18.4 Å². The Kier molecular flexibility index (Phi) is 6.43. The fourth-order valence-electron chi connectivity index (χ4n) is 1.51. The fraction of sp³-hybridized carbons (Fsp3) is 0.429. The van der Waals surface area contributed by atoms with Crippen molar-refractivity contribution >= 4 is 17.5 Å². The number of rotatable bonds is 7. The van der Waals surface area contributed by atoms with Gasteiger partial charge in [-0.15, -0.1) is 0 Å². The van der Waals surface area contributed by atoms with Gasteiger partial charge < -0.3 is 15.4 Å². The van der Waals surface area contributed by atoms with Crippen LogP contribution in [0.2, 0.25) is 0 Å². The van der Waals surface area contributed by atoms with E-state index in [1.165, 1.54) is 0 Å². The van der Waals surface area contributed by atoms with Crippen LogP contribution in [-0.4, -0.2) is 25.5 Å². The first-order valence-electron chi connectivity index (χ1n) is 6.36. The highest BCUT2D eigenvalue weighted by Crippen LogP contribution is 2.16. The van der Waals surface area contributed by atoms with Gasteiger partial charge in [-0.1, -0.05) is 19.4 Å². The number of carbonyl (C=O) groups excluding carboxylic acids is 2. The van der Waals surface area contributed by atoms with Gasteiger partial charge in [-0.25, -0.2) is 0 Å². The Bertz CT molecular complexity index is 432. The van der Waals surface area contributed by atoms with Crippen LogP contribution < -0.4 is 15.4 Å². The largest absolute Gasteiger partial charge is 0.497 e. The van der Waals surface area contributed by atoms with Crippen LogP contribution in [0.25, 0.3) is 0 Å².